The highest BCUT2D eigenvalue weighted by molar-refractivity contribution is 9.10. The van der Waals surface area contributed by atoms with Crippen LogP contribution in [-0.2, 0) is 15.1 Å². The third-order valence-corrected chi connectivity index (χ3v) is 2.94. The van der Waals surface area contributed by atoms with Crippen LogP contribution in [0.4, 0.5) is 0 Å². The molecule has 3 heteroatoms. The second-order valence-corrected chi connectivity index (χ2v) is 4.51. The molecule has 1 fully saturated rings. The fourth-order valence-corrected chi connectivity index (χ4v) is 1.86. The van der Waals surface area contributed by atoms with E-state index >= 15 is 0 Å². The number of benzene rings is 1. The number of hydrogen-bond donors (Lipinski definition) is 0. The van der Waals surface area contributed by atoms with E-state index in [4.69, 9.17) is 4.74 Å². The number of esters is 1. The van der Waals surface area contributed by atoms with Crippen LogP contribution < -0.4 is 0 Å². The molecule has 74 valence electrons. The fourth-order valence-electron chi connectivity index (χ4n) is 1.59. The molecule has 0 amide bonds. The molecule has 2 rings (SSSR count). The van der Waals surface area contributed by atoms with E-state index < -0.39 is 0 Å². The lowest BCUT2D eigenvalue weighted by Crippen LogP contribution is -2.15. The predicted octanol–water partition coefficient (Wildman–Crippen LogP) is 3.00. The highest BCUT2D eigenvalue weighted by Crippen LogP contribution is 2.49. The van der Waals surface area contributed by atoms with Crippen molar-refractivity contribution in [1.82, 2.24) is 0 Å². The van der Waals surface area contributed by atoms with Crippen molar-refractivity contribution in [2.75, 3.05) is 0 Å². The van der Waals surface area contributed by atoms with Crippen molar-refractivity contribution in [2.45, 2.75) is 25.4 Å². The minimum absolute atomic E-state index is 0.203. The first-order valence-corrected chi connectivity index (χ1v) is 5.37. The standard InChI is InChI=1S/C11H11BrO2/c1-8(13)14-11(6-7-11)9-2-4-10(12)5-3-9/h2-5H,6-7H2,1H3. The summed E-state index contributed by atoms with van der Waals surface area (Å²) in [7, 11) is 0. The van der Waals surface area contributed by atoms with Gasteiger partial charge in [-0.2, -0.15) is 0 Å². The minimum atomic E-state index is -0.313. The summed E-state index contributed by atoms with van der Waals surface area (Å²) in [6.07, 6.45) is 1.88. The van der Waals surface area contributed by atoms with Crippen LogP contribution in [0.25, 0.3) is 0 Å². The Hall–Kier alpha value is -0.830. The van der Waals surface area contributed by atoms with Crippen LogP contribution in [0, 0.1) is 0 Å². The van der Waals surface area contributed by atoms with Gasteiger partial charge in [0.1, 0.15) is 5.60 Å². The first-order valence-electron chi connectivity index (χ1n) is 4.58. The second-order valence-electron chi connectivity index (χ2n) is 3.59. The average Bonchev–Trinajstić information content (AvgIpc) is 2.85. The van der Waals surface area contributed by atoms with Gasteiger partial charge in [0.15, 0.2) is 0 Å². The van der Waals surface area contributed by atoms with E-state index in [1.165, 1.54) is 6.92 Å². The third-order valence-electron chi connectivity index (χ3n) is 2.41. The molecule has 1 aliphatic rings. The predicted molar refractivity (Wildman–Crippen MR) is 56.8 cm³/mol. The number of hydrogen-bond acceptors (Lipinski definition) is 2. The Bertz CT molecular complexity index is 352. The summed E-state index contributed by atoms with van der Waals surface area (Å²) in [6.45, 7) is 1.46. The van der Waals surface area contributed by atoms with E-state index in [0.29, 0.717) is 0 Å². The quantitative estimate of drug-likeness (QED) is 0.759. The average molecular weight is 255 g/mol. The molecule has 14 heavy (non-hydrogen) atoms. The molecule has 1 saturated carbocycles. The Morgan fingerprint density at radius 1 is 1.36 bits per heavy atom. The molecule has 1 aliphatic carbocycles. The largest absolute Gasteiger partial charge is 0.454 e. The summed E-state index contributed by atoms with van der Waals surface area (Å²) >= 11 is 3.38. The monoisotopic (exact) mass is 254 g/mol. The molecule has 0 saturated heterocycles. The second kappa shape index (κ2) is 3.39. The highest BCUT2D eigenvalue weighted by Gasteiger charge is 2.47. The molecule has 0 atom stereocenters. The summed E-state index contributed by atoms with van der Waals surface area (Å²) in [5.41, 5.74) is 0.780. The first-order chi connectivity index (χ1) is 6.62. The molecule has 0 radical (unpaired) electrons. The zero-order valence-corrected chi connectivity index (χ0v) is 9.50. The lowest BCUT2D eigenvalue weighted by molar-refractivity contribution is -0.149. The Morgan fingerprint density at radius 3 is 2.36 bits per heavy atom. The smallest absolute Gasteiger partial charge is 0.303 e. The van der Waals surface area contributed by atoms with E-state index in [9.17, 15) is 4.79 Å². The molecule has 0 heterocycles. The summed E-state index contributed by atoms with van der Waals surface area (Å²) < 4.78 is 6.36. The van der Waals surface area contributed by atoms with Gasteiger partial charge in [-0.1, -0.05) is 28.1 Å². The van der Waals surface area contributed by atoms with Gasteiger partial charge in [-0.05, 0) is 30.5 Å². The van der Waals surface area contributed by atoms with Crippen molar-refractivity contribution in [2.24, 2.45) is 0 Å². The molecule has 1 aromatic carbocycles. The van der Waals surface area contributed by atoms with Gasteiger partial charge in [0.2, 0.25) is 0 Å². The Kier molecular flexibility index (Phi) is 2.35. The number of carbonyl (C=O) groups is 1. The summed E-state index contributed by atoms with van der Waals surface area (Å²) in [5, 5.41) is 0. The lowest BCUT2D eigenvalue weighted by Gasteiger charge is -2.15. The molecule has 0 aliphatic heterocycles. The summed E-state index contributed by atoms with van der Waals surface area (Å²) in [4.78, 5) is 10.9. The molecule has 0 unspecified atom stereocenters. The van der Waals surface area contributed by atoms with Gasteiger partial charge in [-0.3, -0.25) is 4.79 Å². The molecule has 0 spiro atoms. The summed E-state index contributed by atoms with van der Waals surface area (Å²) in [5.74, 6) is -0.203. The normalized spacial score (nSPS) is 17.6. The van der Waals surface area contributed by atoms with Gasteiger partial charge >= 0.3 is 5.97 Å². The van der Waals surface area contributed by atoms with Gasteiger partial charge in [0.05, 0.1) is 0 Å². The topological polar surface area (TPSA) is 26.3 Å². The van der Waals surface area contributed by atoms with E-state index in [0.717, 1.165) is 22.9 Å². The van der Waals surface area contributed by atoms with E-state index in [-0.39, 0.29) is 11.6 Å². The Balaban J connectivity index is 2.22. The van der Waals surface area contributed by atoms with Gasteiger partial charge in [-0.25, -0.2) is 0 Å². The minimum Gasteiger partial charge on any atom is -0.454 e. The number of ether oxygens (including phenoxy) is 1. The first kappa shape index (κ1) is 9.71. The van der Waals surface area contributed by atoms with Crippen molar-refractivity contribution in [3.63, 3.8) is 0 Å². The van der Waals surface area contributed by atoms with Crippen LogP contribution in [-0.4, -0.2) is 5.97 Å². The van der Waals surface area contributed by atoms with Gasteiger partial charge in [-0.15, -0.1) is 0 Å². The maximum Gasteiger partial charge on any atom is 0.303 e. The van der Waals surface area contributed by atoms with Crippen molar-refractivity contribution in [1.29, 1.82) is 0 Å². The third kappa shape index (κ3) is 1.82. The SMILES string of the molecule is CC(=O)OC1(c2ccc(Br)cc2)CC1. The van der Waals surface area contributed by atoms with Crippen molar-refractivity contribution >= 4 is 21.9 Å². The van der Waals surface area contributed by atoms with Gasteiger partial charge < -0.3 is 4.74 Å². The lowest BCUT2D eigenvalue weighted by atomic mass is 10.1. The molecule has 0 bridgehead atoms. The zero-order valence-electron chi connectivity index (χ0n) is 7.92. The van der Waals surface area contributed by atoms with Crippen LogP contribution in [0.5, 0.6) is 0 Å². The van der Waals surface area contributed by atoms with Crippen molar-refractivity contribution < 1.29 is 9.53 Å². The van der Waals surface area contributed by atoms with Crippen LogP contribution in [0.3, 0.4) is 0 Å². The molecule has 1 aromatic rings. The van der Waals surface area contributed by atoms with Crippen molar-refractivity contribution in [3.05, 3.63) is 34.3 Å². The van der Waals surface area contributed by atoms with Crippen LogP contribution in [0.15, 0.2) is 28.7 Å². The van der Waals surface area contributed by atoms with Crippen LogP contribution >= 0.6 is 15.9 Å². The molecular weight excluding hydrogens is 244 g/mol. The zero-order chi connectivity index (χ0) is 10.2. The number of rotatable bonds is 2. The van der Waals surface area contributed by atoms with Crippen LogP contribution in [0.1, 0.15) is 25.3 Å². The highest BCUT2D eigenvalue weighted by atomic mass is 79.9. The Labute approximate surface area is 91.4 Å². The van der Waals surface area contributed by atoms with E-state index in [2.05, 4.69) is 15.9 Å². The van der Waals surface area contributed by atoms with E-state index in [1.54, 1.807) is 0 Å². The Morgan fingerprint density at radius 2 is 1.93 bits per heavy atom. The molecule has 2 nitrogen and oxygen atoms in total. The van der Waals surface area contributed by atoms with Gasteiger partial charge in [0.25, 0.3) is 0 Å². The van der Waals surface area contributed by atoms with E-state index in [1.807, 2.05) is 24.3 Å². The van der Waals surface area contributed by atoms with Crippen LogP contribution in [0.2, 0.25) is 0 Å². The maximum atomic E-state index is 10.9. The summed E-state index contributed by atoms with van der Waals surface area (Å²) in [6, 6.07) is 7.94. The molecule has 0 aromatic heterocycles. The van der Waals surface area contributed by atoms with Crippen molar-refractivity contribution in [3.8, 4) is 0 Å². The van der Waals surface area contributed by atoms with Gasteiger partial charge in [0, 0.05) is 11.4 Å². The molecule has 0 N–H and O–H groups in total. The number of carbonyl (C=O) groups excluding carboxylic acids is 1. The number of halogens is 1. The molecular formula is C11H11BrO2. The fraction of sp³-hybridized carbons (Fsp3) is 0.364. The maximum absolute atomic E-state index is 10.9.